The van der Waals surface area contributed by atoms with Crippen molar-refractivity contribution in [1.82, 2.24) is 0 Å². The fraction of sp³-hybridized carbons (Fsp3) is 0.222. The lowest BCUT2D eigenvalue weighted by atomic mass is 10.0. The van der Waals surface area contributed by atoms with Gasteiger partial charge < -0.3 is 9.47 Å². The largest absolute Gasteiger partial charge is 0.501 e. The zero-order valence-corrected chi connectivity index (χ0v) is 15.0. The highest BCUT2D eigenvalue weighted by atomic mass is 79.9. The molecule has 1 aliphatic rings. The Labute approximate surface area is 143 Å². The molecule has 4 heteroatoms. The quantitative estimate of drug-likeness (QED) is 0.661. The minimum atomic E-state index is 0.879. The SMILES string of the molecule is COC1=CC=C(c2cc(Br)c(-c3ccc(OC)cc3)s2)CC1. The molecule has 0 saturated carbocycles. The monoisotopic (exact) mass is 376 g/mol. The number of benzene rings is 1. The number of halogens is 1. The molecule has 0 bridgehead atoms. The van der Waals surface area contributed by atoms with Crippen molar-refractivity contribution in [2.45, 2.75) is 12.8 Å². The van der Waals surface area contributed by atoms with E-state index in [4.69, 9.17) is 9.47 Å². The maximum Gasteiger partial charge on any atom is 0.118 e. The van der Waals surface area contributed by atoms with E-state index in [1.165, 1.54) is 20.9 Å². The van der Waals surface area contributed by atoms with Gasteiger partial charge in [0.15, 0.2) is 0 Å². The van der Waals surface area contributed by atoms with Gasteiger partial charge in [0.2, 0.25) is 0 Å². The third-order valence-electron chi connectivity index (χ3n) is 3.73. The number of hydrogen-bond acceptors (Lipinski definition) is 3. The zero-order chi connectivity index (χ0) is 15.5. The van der Waals surface area contributed by atoms with E-state index in [1.54, 1.807) is 14.2 Å². The first-order chi connectivity index (χ1) is 10.7. The van der Waals surface area contributed by atoms with Gasteiger partial charge in [-0.1, -0.05) is 6.08 Å². The summed E-state index contributed by atoms with van der Waals surface area (Å²) in [5, 5.41) is 0. The van der Waals surface area contributed by atoms with E-state index >= 15 is 0 Å². The van der Waals surface area contributed by atoms with E-state index in [0.717, 1.165) is 28.8 Å². The Morgan fingerprint density at radius 1 is 1.00 bits per heavy atom. The second-order valence-electron chi connectivity index (χ2n) is 5.05. The van der Waals surface area contributed by atoms with Crippen LogP contribution in [0.25, 0.3) is 16.0 Å². The van der Waals surface area contributed by atoms with Crippen molar-refractivity contribution in [2.75, 3.05) is 14.2 Å². The molecule has 22 heavy (non-hydrogen) atoms. The van der Waals surface area contributed by atoms with Gasteiger partial charge in [-0.2, -0.15) is 0 Å². The fourth-order valence-electron chi connectivity index (χ4n) is 2.46. The highest BCUT2D eigenvalue weighted by Gasteiger charge is 2.14. The Morgan fingerprint density at radius 2 is 1.77 bits per heavy atom. The standard InChI is InChI=1S/C18H17BrO2S/c1-20-14-7-3-12(4-8-14)17-11-16(19)18(22-17)13-5-9-15(21-2)10-6-13/h3,5-7,9-11H,4,8H2,1-2H3. The first kappa shape index (κ1) is 15.4. The molecule has 3 rings (SSSR count). The lowest BCUT2D eigenvalue weighted by Gasteiger charge is -2.12. The lowest BCUT2D eigenvalue weighted by molar-refractivity contribution is 0.277. The summed E-state index contributed by atoms with van der Waals surface area (Å²) in [4.78, 5) is 2.56. The van der Waals surface area contributed by atoms with Gasteiger partial charge in [0.1, 0.15) is 5.75 Å². The van der Waals surface area contributed by atoms with E-state index in [2.05, 4.69) is 46.3 Å². The maximum atomic E-state index is 5.29. The highest BCUT2D eigenvalue weighted by Crippen LogP contribution is 2.41. The number of ether oxygens (including phenoxy) is 2. The van der Waals surface area contributed by atoms with Crippen LogP contribution in [0.1, 0.15) is 17.7 Å². The van der Waals surface area contributed by atoms with Crippen LogP contribution >= 0.6 is 27.3 Å². The molecule has 1 aromatic carbocycles. The summed E-state index contributed by atoms with van der Waals surface area (Å²) in [6.45, 7) is 0. The predicted molar refractivity (Wildman–Crippen MR) is 96.3 cm³/mol. The summed E-state index contributed by atoms with van der Waals surface area (Å²) >= 11 is 5.51. The third kappa shape index (κ3) is 3.13. The average molecular weight is 377 g/mol. The molecule has 1 aromatic heterocycles. The molecule has 0 N–H and O–H groups in total. The molecule has 2 nitrogen and oxygen atoms in total. The Hall–Kier alpha value is -1.52. The van der Waals surface area contributed by atoms with Gasteiger partial charge in [0.25, 0.3) is 0 Å². The molecule has 2 aromatic rings. The predicted octanol–water partition coefficient (Wildman–Crippen LogP) is 5.89. The minimum Gasteiger partial charge on any atom is -0.501 e. The van der Waals surface area contributed by atoms with Crippen LogP contribution in [0.15, 0.2) is 52.7 Å². The molecule has 0 aliphatic heterocycles. The van der Waals surface area contributed by atoms with Crippen LogP contribution < -0.4 is 4.74 Å². The Balaban J connectivity index is 1.91. The van der Waals surface area contributed by atoms with Gasteiger partial charge in [-0.25, -0.2) is 0 Å². The summed E-state index contributed by atoms with van der Waals surface area (Å²) in [6, 6.07) is 10.4. The number of allylic oxidation sites excluding steroid dienone is 4. The van der Waals surface area contributed by atoms with E-state index < -0.39 is 0 Å². The topological polar surface area (TPSA) is 18.5 Å². The van der Waals surface area contributed by atoms with Crippen LogP contribution in [0.5, 0.6) is 5.75 Å². The summed E-state index contributed by atoms with van der Waals surface area (Å²) in [6.07, 6.45) is 6.22. The van der Waals surface area contributed by atoms with Gasteiger partial charge in [-0.15, -0.1) is 11.3 Å². The Bertz CT molecular complexity index is 726. The van der Waals surface area contributed by atoms with Crippen molar-refractivity contribution in [3.8, 4) is 16.2 Å². The van der Waals surface area contributed by atoms with Crippen molar-refractivity contribution in [3.05, 3.63) is 57.6 Å². The second-order valence-corrected chi connectivity index (χ2v) is 6.95. The van der Waals surface area contributed by atoms with Gasteiger partial charge in [0, 0.05) is 20.6 Å². The Kier molecular flexibility index (Phi) is 4.69. The van der Waals surface area contributed by atoms with Gasteiger partial charge >= 0.3 is 0 Å². The number of methoxy groups -OCH3 is 2. The molecular formula is C18H17BrO2S. The molecule has 0 unspecified atom stereocenters. The van der Waals surface area contributed by atoms with Crippen molar-refractivity contribution in [1.29, 1.82) is 0 Å². The maximum absolute atomic E-state index is 5.29. The van der Waals surface area contributed by atoms with Gasteiger partial charge in [-0.3, -0.25) is 0 Å². The first-order valence-electron chi connectivity index (χ1n) is 7.09. The third-order valence-corrected chi connectivity index (χ3v) is 5.88. The average Bonchev–Trinajstić information content (AvgIpc) is 2.97. The van der Waals surface area contributed by atoms with E-state index in [-0.39, 0.29) is 0 Å². The summed E-state index contributed by atoms with van der Waals surface area (Å²) in [7, 11) is 3.42. The van der Waals surface area contributed by atoms with E-state index in [9.17, 15) is 0 Å². The fourth-order valence-corrected chi connectivity index (χ4v) is 4.42. The summed E-state index contributed by atoms with van der Waals surface area (Å²) in [5.74, 6) is 1.93. The van der Waals surface area contributed by atoms with Crippen LogP contribution in [0.3, 0.4) is 0 Å². The van der Waals surface area contributed by atoms with Gasteiger partial charge in [-0.05, 0) is 69.9 Å². The minimum absolute atomic E-state index is 0.879. The normalized spacial score (nSPS) is 14.3. The first-order valence-corrected chi connectivity index (χ1v) is 8.70. The summed E-state index contributed by atoms with van der Waals surface area (Å²) in [5.41, 5.74) is 2.57. The smallest absolute Gasteiger partial charge is 0.118 e. The summed E-state index contributed by atoms with van der Waals surface area (Å²) < 4.78 is 11.7. The zero-order valence-electron chi connectivity index (χ0n) is 12.6. The molecular weight excluding hydrogens is 360 g/mol. The van der Waals surface area contributed by atoms with Crippen molar-refractivity contribution in [2.24, 2.45) is 0 Å². The van der Waals surface area contributed by atoms with Crippen LogP contribution in [0.2, 0.25) is 0 Å². The number of hydrogen-bond donors (Lipinski definition) is 0. The van der Waals surface area contributed by atoms with E-state index in [1.807, 2.05) is 23.5 Å². The molecule has 1 aliphatic carbocycles. The van der Waals surface area contributed by atoms with Crippen molar-refractivity contribution in [3.63, 3.8) is 0 Å². The van der Waals surface area contributed by atoms with Gasteiger partial charge in [0.05, 0.1) is 20.0 Å². The second kappa shape index (κ2) is 6.71. The van der Waals surface area contributed by atoms with Crippen LogP contribution in [-0.2, 0) is 4.74 Å². The molecule has 0 spiro atoms. The van der Waals surface area contributed by atoms with Crippen LogP contribution in [0, 0.1) is 0 Å². The van der Waals surface area contributed by atoms with Crippen LogP contribution in [-0.4, -0.2) is 14.2 Å². The molecule has 0 fully saturated rings. The molecule has 0 radical (unpaired) electrons. The molecule has 1 heterocycles. The van der Waals surface area contributed by atoms with Crippen molar-refractivity contribution >= 4 is 32.8 Å². The van der Waals surface area contributed by atoms with Crippen LogP contribution in [0.4, 0.5) is 0 Å². The van der Waals surface area contributed by atoms with Crippen molar-refractivity contribution < 1.29 is 9.47 Å². The molecule has 0 amide bonds. The number of rotatable bonds is 4. The molecule has 114 valence electrons. The molecule has 0 saturated heterocycles. The Morgan fingerprint density at radius 3 is 2.36 bits per heavy atom. The van der Waals surface area contributed by atoms with E-state index in [0.29, 0.717) is 0 Å². The lowest BCUT2D eigenvalue weighted by Crippen LogP contribution is -1.93. The molecule has 0 atom stereocenters. The highest BCUT2D eigenvalue weighted by molar-refractivity contribution is 9.10. The number of thiophene rings is 1.